The van der Waals surface area contributed by atoms with Crippen LogP contribution in [0, 0.1) is 0 Å². The molecule has 76 valence electrons. The third-order valence-corrected chi connectivity index (χ3v) is 3.64. The number of nitrogens with two attached hydrogens (primary N) is 1. The second kappa shape index (κ2) is 3.02. The van der Waals surface area contributed by atoms with Crippen LogP contribution in [0.1, 0.15) is 37.3 Å². The van der Waals surface area contributed by atoms with Crippen molar-refractivity contribution in [2.45, 2.75) is 43.7 Å². The highest BCUT2D eigenvalue weighted by Gasteiger charge is 2.34. The van der Waals surface area contributed by atoms with Crippen LogP contribution in [0.2, 0.25) is 0 Å². The van der Waals surface area contributed by atoms with E-state index in [0.717, 1.165) is 17.9 Å². The van der Waals surface area contributed by atoms with E-state index >= 15 is 0 Å². The normalized spacial score (nSPS) is 36.1. The first-order chi connectivity index (χ1) is 6.81. The Kier molecular flexibility index (Phi) is 1.80. The van der Waals surface area contributed by atoms with Crippen molar-refractivity contribution in [2.24, 2.45) is 0 Å². The molecule has 3 nitrogen and oxygen atoms in total. The number of hydrogen-bond acceptors (Lipinski definition) is 2. The molecule has 2 aliphatic rings. The van der Waals surface area contributed by atoms with Gasteiger partial charge >= 0.3 is 0 Å². The Balaban J connectivity index is 1.80. The van der Waals surface area contributed by atoms with Crippen molar-refractivity contribution in [1.29, 1.82) is 0 Å². The summed E-state index contributed by atoms with van der Waals surface area (Å²) < 4.78 is 0. The van der Waals surface area contributed by atoms with Crippen molar-refractivity contribution in [1.82, 2.24) is 10.3 Å². The summed E-state index contributed by atoms with van der Waals surface area (Å²) in [4.78, 5) is 3.26. The molecule has 1 aromatic heterocycles. The monoisotopic (exact) mass is 191 g/mol. The predicted octanol–water partition coefficient (Wildman–Crippen LogP) is 1.59. The lowest BCUT2D eigenvalue weighted by Crippen LogP contribution is -2.37. The van der Waals surface area contributed by atoms with E-state index in [1.54, 1.807) is 0 Å². The molecule has 0 spiro atoms. The van der Waals surface area contributed by atoms with Crippen LogP contribution in [0.5, 0.6) is 0 Å². The number of aromatic amines is 1. The molecule has 0 aromatic carbocycles. The standard InChI is InChI=1S/C11H17N3/c12-11-4-3-10(14-11)7-5-8-1-2-9(6-7)13-8/h3-4,7-9,13-14H,1-2,5-6,12H2. The molecule has 4 N–H and O–H groups in total. The molecule has 3 heteroatoms. The van der Waals surface area contributed by atoms with E-state index in [2.05, 4.69) is 16.4 Å². The third-order valence-electron chi connectivity index (χ3n) is 3.64. The molecule has 3 rings (SSSR count). The molecule has 2 fully saturated rings. The summed E-state index contributed by atoms with van der Waals surface area (Å²) in [5, 5.41) is 3.65. The fourth-order valence-electron chi connectivity index (χ4n) is 2.98. The minimum Gasteiger partial charge on any atom is -0.385 e. The van der Waals surface area contributed by atoms with Gasteiger partial charge in [-0.1, -0.05) is 0 Å². The topological polar surface area (TPSA) is 53.8 Å². The molecular formula is C11H17N3. The quantitative estimate of drug-likeness (QED) is 0.631. The maximum atomic E-state index is 5.70. The Bertz CT molecular complexity index is 319. The van der Waals surface area contributed by atoms with Gasteiger partial charge < -0.3 is 16.0 Å². The van der Waals surface area contributed by atoms with Gasteiger partial charge in [-0.25, -0.2) is 0 Å². The van der Waals surface area contributed by atoms with E-state index in [4.69, 9.17) is 5.73 Å². The molecular weight excluding hydrogens is 174 g/mol. The van der Waals surface area contributed by atoms with Gasteiger partial charge in [0, 0.05) is 23.7 Å². The highest BCUT2D eigenvalue weighted by Crippen LogP contribution is 2.36. The van der Waals surface area contributed by atoms with Crippen LogP contribution in [0.4, 0.5) is 5.82 Å². The highest BCUT2D eigenvalue weighted by molar-refractivity contribution is 5.33. The first kappa shape index (κ1) is 8.36. The summed E-state index contributed by atoms with van der Waals surface area (Å²) in [6.07, 6.45) is 5.27. The van der Waals surface area contributed by atoms with Crippen LogP contribution in [0.25, 0.3) is 0 Å². The van der Waals surface area contributed by atoms with Crippen LogP contribution < -0.4 is 11.1 Å². The molecule has 1 aromatic rings. The average Bonchev–Trinajstić information content (AvgIpc) is 2.73. The van der Waals surface area contributed by atoms with Gasteiger partial charge in [0.1, 0.15) is 5.82 Å². The Hall–Kier alpha value is -0.960. The van der Waals surface area contributed by atoms with E-state index in [0.29, 0.717) is 5.92 Å². The number of nitrogens with one attached hydrogen (secondary N) is 2. The lowest BCUT2D eigenvalue weighted by molar-refractivity contribution is 0.360. The number of hydrogen-bond donors (Lipinski definition) is 3. The average molecular weight is 191 g/mol. The summed E-state index contributed by atoms with van der Waals surface area (Å²) in [5.41, 5.74) is 7.03. The van der Waals surface area contributed by atoms with Crippen molar-refractivity contribution in [3.63, 3.8) is 0 Å². The minimum absolute atomic E-state index is 0.700. The fourth-order valence-corrected chi connectivity index (χ4v) is 2.98. The SMILES string of the molecule is Nc1ccc(C2CC3CCC(C2)N3)[nH]1. The number of nitrogen functional groups attached to an aromatic ring is 1. The summed E-state index contributed by atoms with van der Waals surface area (Å²) in [6.45, 7) is 0. The summed E-state index contributed by atoms with van der Waals surface area (Å²) in [7, 11) is 0. The van der Waals surface area contributed by atoms with Crippen LogP contribution in [-0.2, 0) is 0 Å². The van der Waals surface area contributed by atoms with Crippen molar-refractivity contribution in [2.75, 3.05) is 5.73 Å². The Morgan fingerprint density at radius 3 is 2.43 bits per heavy atom. The van der Waals surface area contributed by atoms with E-state index < -0.39 is 0 Å². The Labute approximate surface area is 84.1 Å². The zero-order valence-corrected chi connectivity index (χ0v) is 8.29. The zero-order chi connectivity index (χ0) is 9.54. The number of H-pyrrole nitrogens is 1. The number of rotatable bonds is 1. The molecule has 2 atom stereocenters. The molecule has 3 heterocycles. The van der Waals surface area contributed by atoms with Crippen molar-refractivity contribution < 1.29 is 0 Å². The molecule has 0 saturated carbocycles. The second-order valence-corrected chi connectivity index (χ2v) is 4.68. The largest absolute Gasteiger partial charge is 0.385 e. The van der Waals surface area contributed by atoms with Gasteiger partial charge in [0.05, 0.1) is 0 Å². The van der Waals surface area contributed by atoms with Crippen molar-refractivity contribution in [3.8, 4) is 0 Å². The van der Waals surface area contributed by atoms with E-state index in [9.17, 15) is 0 Å². The maximum absolute atomic E-state index is 5.70. The van der Waals surface area contributed by atoms with Gasteiger partial charge in [-0.15, -0.1) is 0 Å². The van der Waals surface area contributed by atoms with Crippen molar-refractivity contribution >= 4 is 5.82 Å². The number of aromatic nitrogens is 1. The summed E-state index contributed by atoms with van der Waals surface area (Å²) in [6, 6.07) is 5.62. The minimum atomic E-state index is 0.700. The van der Waals surface area contributed by atoms with Gasteiger partial charge in [0.15, 0.2) is 0 Å². The fraction of sp³-hybridized carbons (Fsp3) is 0.636. The molecule has 2 saturated heterocycles. The maximum Gasteiger partial charge on any atom is 0.100 e. The second-order valence-electron chi connectivity index (χ2n) is 4.68. The molecule has 0 radical (unpaired) electrons. The predicted molar refractivity (Wildman–Crippen MR) is 57.1 cm³/mol. The molecule has 14 heavy (non-hydrogen) atoms. The number of fused-ring (bicyclic) bond motifs is 2. The smallest absolute Gasteiger partial charge is 0.100 e. The Morgan fingerprint density at radius 1 is 1.14 bits per heavy atom. The molecule has 2 unspecified atom stereocenters. The number of piperidine rings is 1. The number of anilines is 1. The molecule has 0 aliphatic carbocycles. The summed E-state index contributed by atoms with van der Waals surface area (Å²) >= 11 is 0. The Morgan fingerprint density at radius 2 is 1.86 bits per heavy atom. The molecule has 2 bridgehead atoms. The first-order valence-corrected chi connectivity index (χ1v) is 5.51. The summed E-state index contributed by atoms with van der Waals surface area (Å²) in [5.74, 6) is 1.50. The van der Waals surface area contributed by atoms with Gasteiger partial charge in [-0.05, 0) is 37.8 Å². The highest BCUT2D eigenvalue weighted by atomic mass is 15.0. The van der Waals surface area contributed by atoms with Crippen LogP contribution in [0.15, 0.2) is 12.1 Å². The van der Waals surface area contributed by atoms with Gasteiger partial charge in [-0.2, -0.15) is 0 Å². The van der Waals surface area contributed by atoms with E-state index in [1.807, 2.05) is 6.07 Å². The van der Waals surface area contributed by atoms with Crippen molar-refractivity contribution in [3.05, 3.63) is 17.8 Å². The molecule has 2 aliphatic heterocycles. The van der Waals surface area contributed by atoms with Gasteiger partial charge in [0.2, 0.25) is 0 Å². The van der Waals surface area contributed by atoms with E-state index in [-0.39, 0.29) is 0 Å². The molecule has 0 amide bonds. The first-order valence-electron chi connectivity index (χ1n) is 5.51. The third kappa shape index (κ3) is 1.32. The van der Waals surface area contributed by atoms with Crippen LogP contribution >= 0.6 is 0 Å². The lowest BCUT2D eigenvalue weighted by Gasteiger charge is -2.28. The van der Waals surface area contributed by atoms with E-state index in [1.165, 1.54) is 31.4 Å². The van der Waals surface area contributed by atoms with Crippen LogP contribution in [-0.4, -0.2) is 17.1 Å². The van der Waals surface area contributed by atoms with Crippen LogP contribution in [0.3, 0.4) is 0 Å². The lowest BCUT2D eigenvalue weighted by atomic mass is 9.90. The van der Waals surface area contributed by atoms with Gasteiger partial charge in [0.25, 0.3) is 0 Å². The zero-order valence-electron chi connectivity index (χ0n) is 8.29. The van der Waals surface area contributed by atoms with Gasteiger partial charge in [-0.3, -0.25) is 0 Å².